The molecule has 0 bridgehead atoms. The van der Waals surface area contributed by atoms with Gasteiger partial charge in [0.25, 0.3) is 0 Å². The van der Waals surface area contributed by atoms with Gasteiger partial charge >= 0.3 is 0 Å². The van der Waals surface area contributed by atoms with Crippen LogP contribution in [-0.2, 0) is 17.5 Å². The van der Waals surface area contributed by atoms with Crippen molar-refractivity contribution in [2.75, 3.05) is 4.31 Å². The molecule has 0 spiro atoms. The predicted molar refractivity (Wildman–Crippen MR) is 60.5 cm³/mol. The Balaban J connectivity index is 2.24. The Bertz CT molecular complexity index is 381. The van der Waals surface area contributed by atoms with Crippen LogP contribution in [0.4, 0.5) is 5.69 Å². The molecule has 0 aromatic heterocycles. The van der Waals surface area contributed by atoms with Crippen molar-refractivity contribution in [1.82, 2.24) is 0 Å². The normalized spacial score (nSPS) is 17.2. The zero-order valence-corrected chi connectivity index (χ0v) is 9.60. The average molecular weight is 209 g/mol. The number of fused-ring (bicyclic) bond motifs is 1. The molecule has 1 atom stereocenters. The Kier molecular flexibility index (Phi) is 2.14. The zero-order valence-electron chi connectivity index (χ0n) is 8.78. The molecule has 14 heavy (non-hydrogen) atoms. The molecule has 1 aromatic carbocycles. The number of anilines is 1. The van der Waals surface area contributed by atoms with E-state index in [1.807, 2.05) is 43.3 Å². The number of para-hydroxylation sites is 1. The summed E-state index contributed by atoms with van der Waals surface area (Å²) in [6, 6.07) is 8.13. The van der Waals surface area contributed by atoms with E-state index in [1.165, 1.54) is 5.56 Å². The van der Waals surface area contributed by atoms with E-state index in [4.69, 9.17) is 0 Å². The van der Waals surface area contributed by atoms with Gasteiger partial charge in [0.15, 0.2) is 0 Å². The highest BCUT2D eigenvalue weighted by atomic mass is 32.2. The lowest BCUT2D eigenvalue weighted by molar-refractivity contribution is 0.639. The summed E-state index contributed by atoms with van der Waals surface area (Å²) in [6.45, 7) is 6.83. The highest BCUT2D eigenvalue weighted by molar-refractivity contribution is 7.87. The molecule has 2 nitrogen and oxygen atoms in total. The summed E-state index contributed by atoms with van der Waals surface area (Å²) in [7, 11) is -0.923. The largest absolute Gasteiger partial charge is 0.287 e. The molecule has 1 aromatic rings. The number of hydrogen-bond acceptors (Lipinski definition) is 1. The van der Waals surface area contributed by atoms with Crippen molar-refractivity contribution in [3.63, 3.8) is 0 Å². The van der Waals surface area contributed by atoms with Crippen molar-refractivity contribution in [2.24, 2.45) is 0 Å². The Morgan fingerprint density at radius 2 is 1.93 bits per heavy atom. The van der Waals surface area contributed by atoms with Crippen LogP contribution in [0.2, 0.25) is 0 Å². The number of nitrogens with zero attached hydrogens (tertiary/aromatic N) is 1. The van der Waals surface area contributed by atoms with Crippen LogP contribution in [0.5, 0.6) is 0 Å². The maximum atomic E-state index is 12.0. The molecule has 1 aliphatic heterocycles. The summed E-state index contributed by atoms with van der Waals surface area (Å²) in [5.41, 5.74) is 2.42. The highest BCUT2D eigenvalue weighted by Gasteiger charge is 2.33. The quantitative estimate of drug-likeness (QED) is 0.696. The molecule has 0 saturated heterocycles. The molecule has 0 radical (unpaired) electrons. The highest BCUT2D eigenvalue weighted by Crippen LogP contribution is 2.36. The Labute approximate surface area is 87.5 Å². The molecule has 0 saturated carbocycles. The Morgan fingerprint density at radius 1 is 1.29 bits per heavy atom. The molecule has 0 fully saturated rings. The molecular formula is C11H15NOS. The summed E-state index contributed by atoms with van der Waals surface area (Å²) in [5.74, 6) is 0. The van der Waals surface area contributed by atoms with Gasteiger partial charge in [0.05, 0.1) is 17.0 Å². The minimum atomic E-state index is -0.923. The monoisotopic (exact) mass is 209 g/mol. The minimum absolute atomic E-state index is 0.173. The minimum Gasteiger partial charge on any atom is -0.287 e. The molecule has 3 heteroatoms. The van der Waals surface area contributed by atoms with E-state index in [2.05, 4.69) is 6.07 Å². The predicted octanol–water partition coefficient (Wildman–Crippen LogP) is 2.47. The first kappa shape index (κ1) is 9.71. The van der Waals surface area contributed by atoms with Gasteiger partial charge in [-0.15, -0.1) is 0 Å². The molecule has 2 rings (SSSR count). The molecule has 0 aliphatic carbocycles. The summed E-state index contributed by atoms with van der Waals surface area (Å²) in [5, 5.41) is 0. The van der Waals surface area contributed by atoms with Crippen molar-refractivity contribution >= 4 is 16.7 Å². The lowest BCUT2D eigenvalue weighted by Crippen LogP contribution is -2.42. The maximum absolute atomic E-state index is 12.0. The summed E-state index contributed by atoms with van der Waals surface area (Å²) < 4.78 is 13.8. The van der Waals surface area contributed by atoms with Crippen molar-refractivity contribution in [2.45, 2.75) is 32.1 Å². The molecule has 0 amide bonds. The second-order valence-electron chi connectivity index (χ2n) is 4.53. The van der Waals surface area contributed by atoms with Gasteiger partial charge in [0.2, 0.25) is 0 Å². The van der Waals surface area contributed by atoms with Crippen LogP contribution in [0.25, 0.3) is 0 Å². The van der Waals surface area contributed by atoms with Crippen molar-refractivity contribution in [1.29, 1.82) is 0 Å². The fraction of sp³-hybridized carbons (Fsp3) is 0.455. The smallest absolute Gasteiger partial charge is 0.125 e. The van der Waals surface area contributed by atoms with E-state index >= 15 is 0 Å². The first-order chi connectivity index (χ1) is 6.50. The number of hydrogen-bond donors (Lipinski definition) is 0. The van der Waals surface area contributed by atoms with Crippen LogP contribution in [-0.4, -0.2) is 8.96 Å². The fourth-order valence-electron chi connectivity index (χ4n) is 1.51. The van der Waals surface area contributed by atoms with E-state index in [-0.39, 0.29) is 4.75 Å². The van der Waals surface area contributed by atoms with Gasteiger partial charge in [-0.2, -0.15) is 0 Å². The molecule has 1 unspecified atom stereocenters. The number of rotatable bonds is 1. The average Bonchev–Trinajstić information content (AvgIpc) is 2.05. The van der Waals surface area contributed by atoms with Crippen LogP contribution in [0.1, 0.15) is 26.3 Å². The molecule has 0 N–H and O–H groups in total. The van der Waals surface area contributed by atoms with Crippen molar-refractivity contribution in [3.8, 4) is 0 Å². The van der Waals surface area contributed by atoms with Gasteiger partial charge in [0.1, 0.15) is 11.0 Å². The second kappa shape index (κ2) is 3.09. The summed E-state index contributed by atoms with van der Waals surface area (Å²) in [6.07, 6.45) is 0. The molecule has 1 aliphatic rings. The van der Waals surface area contributed by atoms with Gasteiger partial charge in [0, 0.05) is 0 Å². The Hall–Kier alpha value is -0.830. The first-order valence-corrected chi connectivity index (χ1v) is 5.88. The fourth-order valence-corrected chi connectivity index (χ4v) is 2.79. The van der Waals surface area contributed by atoms with E-state index in [0.29, 0.717) is 0 Å². The van der Waals surface area contributed by atoms with E-state index in [0.717, 1.165) is 12.2 Å². The van der Waals surface area contributed by atoms with Gasteiger partial charge in [-0.1, -0.05) is 18.2 Å². The summed E-state index contributed by atoms with van der Waals surface area (Å²) >= 11 is 0. The number of benzene rings is 1. The van der Waals surface area contributed by atoms with Gasteiger partial charge in [-0.05, 0) is 32.4 Å². The van der Waals surface area contributed by atoms with Gasteiger partial charge in [-0.25, -0.2) is 4.21 Å². The van der Waals surface area contributed by atoms with Gasteiger partial charge < -0.3 is 0 Å². The third-order valence-corrected chi connectivity index (χ3v) is 4.07. The zero-order chi connectivity index (χ0) is 10.3. The summed E-state index contributed by atoms with van der Waals surface area (Å²) in [4.78, 5) is 0. The first-order valence-electron chi connectivity index (χ1n) is 4.77. The SMILES string of the molecule is CC(C)(C)S(=O)N1Cc2ccccc21. The lowest BCUT2D eigenvalue weighted by atomic mass is 10.1. The van der Waals surface area contributed by atoms with Crippen LogP contribution < -0.4 is 4.31 Å². The van der Waals surface area contributed by atoms with Gasteiger partial charge in [-0.3, -0.25) is 4.31 Å². The van der Waals surface area contributed by atoms with E-state index in [1.54, 1.807) is 0 Å². The van der Waals surface area contributed by atoms with Crippen LogP contribution in [0.3, 0.4) is 0 Å². The molecular weight excluding hydrogens is 194 g/mol. The van der Waals surface area contributed by atoms with E-state index < -0.39 is 11.0 Å². The van der Waals surface area contributed by atoms with Crippen LogP contribution in [0, 0.1) is 0 Å². The van der Waals surface area contributed by atoms with Crippen LogP contribution in [0.15, 0.2) is 24.3 Å². The lowest BCUT2D eigenvalue weighted by Gasteiger charge is -2.38. The maximum Gasteiger partial charge on any atom is 0.125 e. The standard InChI is InChI=1S/C11H15NOS/c1-11(2,3)14(13)12-8-9-6-4-5-7-10(9)12/h4-7H,8H2,1-3H3. The second-order valence-corrected chi connectivity index (χ2v) is 6.69. The topological polar surface area (TPSA) is 20.3 Å². The van der Waals surface area contributed by atoms with Crippen molar-refractivity contribution in [3.05, 3.63) is 29.8 Å². The molecule has 1 heterocycles. The van der Waals surface area contributed by atoms with Crippen molar-refractivity contribution < 1.29 is 4.21 Å². The third kappa shape index (κ3) is 1.46. The third-order valence-electron chi connectivity index (χ3n) is 2.30. The van der Waals surface area contributed by atoms with Crippen LogP contribution >= 0.6 is 0 Å². The Morgan fingerprint density at radius 3 is 2.50 bits per heavy atom. The molecule has 76 valence electrons. The van der Waals surface area contributed by atoms with E-state index in [9.17, 15) is 4.21 Å².